The standard InChI is InChI=1S/C12H18N2O2/c1-8(13)12(15)14-9(2)10-5-4-6-11(7-10)16-3/h4-9H,13H2,1-3H3,(H,14,15)/t8-,9-/m1/s1. The van der Waals surface area contributed by atoms with Crippen LogP contribution in [0, 0.1) is 0 Å². The van der Waals surface area contributed by atoms with Crippen molar-refractivity contribution in [1.29, 1.82) is 0 Å². The zero-order valence-electron chi connectivity index (χ0n) is 9.86. The van der Waals surface area contributed by atoms with Crippen molar-refractivity contribution in [2.24, 2.45) is 5.73 Å². The molecule has 1 aromatic rings. The van der Waals surface area contributed by atoms with E-state index < -0.39 is 6.04 Å². The molecule has 16 heavy (non-hydrogen) atoms. The molecule has 88 valence electrons. The maximum absolute atomic E-state index is 11.4. The number of amides is 1. The van der Waals surface area contributed by atoms with E-state index >= 15 is 0 Å². The molecule has 0 aliphatic heterocycles. The van der Waals surface area contributed by atoms with Crippen LogP contribution >= 0.6 is 0 Å². The van der Waals surface area contributed by atoms with Crippen LogP contribution in [0.5, 0.6) is 5.75 Å². The summed E-state index contributed by atoms with van der Waals surface area (Å²) in [6.45, 7) is 3.57. The van der Waals surface area contributed by atoms with Gasteiger partial charge in [0.15, 0.2) is 0 Å². The van der Waals surface area contributed by atoms with E-state index in [4.69, 9.17) is 10.5 Å². The third-order valence-corrected chi connectivity index (χ3v) is 2.37. The quantitative estimate of drug-likeness (QED) is 0.805. The molecule has 0 aliphatic rings. The summed E-state index contributed by atoms with van der Waals surface area (Å²) in [7, 11) is 1.62. The normalized spacial score (nSPS) is 14.0. The van der Waals surface area contributed by atoms with Gasteiger partial charge in [0.25, 0.3) is 0 Å². The molecule has 0 aliphatic carbocycles. The number of methoxy groups -OCH3 is 1. The molecule has 0 bridgehead atoms. The Morgan fingerprint density at radius 1 is 1.44 bits per heavy atom. The van der Waals surface area contributed by atoms with Crippen molar-refractivity contribution >= 4 is 5.91 Å². The monoisotopic (exact) mass is 222 g/mol. The van der Waals surface area contributed by atoms with Gasteiger partial charge in [-0.2, -0.15) is 0 Å². The molecular formula is C12H18N2O2. The number of carbonyl (C=O) groups excluding carboxylic acids is 1. The van der Waals surface area contributed by atoms with Crippen LogP contribution in [0.25, 0.3) is 0 Å². The number of hydrogen-bond acceptors (Lipinski definition) is 3. The van der Waals surface area contributed by atoms with Gasteiger partial charge in [-0.25, -0.2) is 0 Å². The minimum Gasteiger partial charge on any atom is -0.497 e. The molecule has 0 fully saturated rings. The zero-order valence-corrected chi connectivity index (χ0v) is 9.86. The van der Waals surface area contributed by atoms with Crippen molar-refractivity contribution in [3.8, 4) is 5.75 Å². The molecule has 1 aromatic carbocycles. The van der Waals surface area contributed by atoms with Gasteiger partial charge in [-0.15, -0.1) is 0 Å². The summed E-state index contributed by atoms with van der Waals surface area (Å²) in [5, 5.41) is 2.83. The average Bonchev–Trinajstić information content (AvgIpc) is 2.28. The van der Waals surface area contributed by atoms with Crippen LogP contribution in [-0.4, -0.2) is 19.1 Å². The molecule has 1 rings (SSSR count). The van der Waals surface area contributed by atoms with Crippen LogP contribution in [0.1, 0.15) is 25.5 Å². The Balaban J connectivity index is 2.72. The fraction of sp³-hybridized carbons (Fsp3) is 0.417. The molecule has 4 nitrogen and oxygen atoms in total. The molecule has 0 aromatic heterocycles. The third-order valence-electron chi connectivity index (χ3n) is 2.37. The van der Waals surface area contributed by atoms with Gasteiger partial charge < -0.3 is 15.8 Å². The first-order valence-electron chi connectivity index (χ1n) is 5.24. The number of nitrogens with two attached hydrogens (primary N) is 1. The molecule has 0 radical (unpaired) electrons. The maximum atomic E-state index is 11.4. The van der Waals surface area contributed by atoms with E-state index in [9.17, 15) is 4.79 Å². The molecule has 1 amide bonds. The molecule has 0 saturated heterocycles. The lowest BCUT2D eigenvalue weighted by molar-refractivity contribution is -0.122. The van der Waals surface area contributed by atoms with Gasteiger partial charge in [0, 0.05) is 0 Å². The Hall–Kier alpha value is -1.55. The fourth-order valence-electron chi connectivity index (χ4n) is 1.34. The predicted octanol–water partition coefficient (Wildman–Crippen LogP) is 1.22. The van der Waals surface area contributed by atoms with Crippen molar-refractivity contribution in [2.45, 2.75) is 25.9 Å². The average molecular weight is 222 g/mol. The first-order valence-corrected chi connectivity index (χ1v) is 5.24. The van der Waals surface area contributed by atoms with Crippen LogP contribution in [0.2, 0.25) is 0 Å². The van der Waals surface area contributed by atoms with E-state index in [2.05, 4.69) is 5.32 Å². The maximum Gasteiger partial charge on any atom is 0.237 e. The molecule has 4 heteroatoms. The Labute approximate surface area is 95.8 Å². The molecule has 3 N–H and O–H groups in total. The largest absolute Gasteiger partial charge is 0.497 e. The van der Waals surface area contributed by atoms with E-state index in [-0.39, 0.29) is 11.9 Å². The highest BCUT2D eigenvalue weighted by atomic mass is 16.5. The van der Waals surface area contributed by atoms with Crippen molar-refractivity contribution in [1.82, 2.24) is 5.32 Å². The topological polar surface area (TPSA) is 64.3 Å². The number of ether oxygens (including phenoxy) is 1. The first kappa shape index (κ1) is 12.5. The number of rotatable bonds is 4. The van der Waals surface area contributed by atoms with Gasteiger partial charge in [0.2, 0.25) is 5.91 Å². The highest BCUT2D eigenvalue weighted by molar-refractivity contribution is 5.81. The minimum atomic E-state index is -0.493. The molecule has 0 spiro atoms. The van der Waals surface area contributed by atoms with Crippen LogP contribution in [0.4, 0.5) is 0 Å². The minimum absolute atomic E-state index is 0.0754. The highest BCUT2D eigenvalue weighted by Crippen LogP contribution is 2.18. The van der Waals surface area contributed by atoms with Gasteiger partial charge in [-0.1, -0.05) is 12.1 Å². The number of nitrogens with one attached hydrogen (secondary N) is 1. The highest BCUT2D eigenvalue weighted by Gasteiger charge is 2.12. The van der Waals surface area contributed by atoms with Crippen LogP contribution in [0.15, 0.2) is 24.3 Å². The smallest absolute Gasteiger partial charge is 0.237 e. The van der Waals surface area contributed by atoms with Gasteiger partial charge in [-0.05, 0) is 31.5 Å². The Morgan fingerprint density at radius 2 is 2.12 bits per heavy atom. The second-order valence-electron chi connectivity index (χ2n) is 3.80. The van der Waals surface area contributed by atoms with E-state index in [0.717, 1.165) is 11.3 Å². The lowest BCUT2D eigenvalue weighted by Gasteiger charge is -2.16. The fourth-order valence-corrected chi connectivity index (χ4v) is 1.34. The summed E-state index contributed by atoms with van der Waals surface area (Å²) in [5.74, 6) is 0.620. The van der Waals surface area contributed by atoms with Gasteiger partial charge >= 0.3 is 0 Å². The second kappa shape index (κ2) is 5.51. The number of carbonyl (C=O) groups is 1. The molecule has 0 unspecified atom stereocenters. The van der Waals surface area contributed by atoms with Crippen molar-refractivity contribution in [3.05, 3.63) is 29.8 Å². The molecule has 2 atom stereocenters. The Morgan fingerprint density at radius 3 is 2.69 bits per heavy atom. The van der Waals surface area contributed by atoms with Crippen LogP contribution < -0.4 is 15.8 Å². The van der Waals surface area contributed by atoms with Crippen molar-refractivity contribution < 1.29 is 9.53 Å². The van der Waals surface area contributed by atoms with Crippen LogP contribution in [0.3, 0.4) is 0 Å². The Bertz CT molecular complexity index is 364. The first-order chi connectivity index (χ1) is 7.54. The summed E-state index contributed by atoms with van der Waals surface area (Å²) in [6, 6.07) is 7.02. The van der Waals surface area contributed by atoms with Gasteiger partial charge in [0.1, 0.15) is 5.75 Å². The summed E-state index contributed by atoms with van der Waals surface area (Å²) < 4.78 is 5.12. The van der Waals surface area contributed by atoms with Gasteiger partial charge in [-0.3, -0.25) is 4.79 Å². The molecule has 0 saturated carbocycles. The van der Waals surface area contributed by atoms with Crippen LogP contribution in [-0.2, 0) is 4.79 Å². The predicted molar refractivity (Wildman–Crippen MR) is 63.2 cm³/mol. The lowest BCUT2D eigenvalue weighted by atomic mass is 10.1. The number of hydrogen-bond donors (Lipinski definition) is 2. The van der Waals surface area contributed by atoms with Gasteiger partial charge in [0.05, 0.1) is 19.2 Å². The van der Waals surface area contributed by atoms with E-state index in [0.29, 0.717) is 0 Å². The zero-order chi connectivity index (χ0) is 12.1. The Kier molecular flexibility index (Phi) is 4.31. The summed E-state index contributed by atoms with van der Waals surface area (Å²) in [4.78, 5) is 11.4. The lowest BCUT2D eigenvalue weighted by Crippen LogP contribution is -2.39. The molecular weight excluding hydrogens is 204 g/mol. The van der Waals surface area contributed by atoms with E-state index in [1.807, 2.05) is 31.2 Å². The summed E-state index contributed by atoms with van der Waals surface area (Å²) >= 11 is 0. The van der Waals surface area contributed by atoms with E-state index in [1.54, 1.807) is 14.0 Å². The summed E-state index contributed by atoms with van der Waals surface area (Å²) in [5.41, 5.74) is 6.48. The van der Waals surface area contributed by atoms with E-state index in [1.165, 1.54) is 0 Å². The van der Waals surface area contributed by atoms with Crippen molar-refractivity contribution in [2.75, 3.05) is 7.11 Å². The van der Waals surface area contributed by atoms with Crippen molar-refractivity contribution in [3.63, 3.8) is 0 Å². The second-order valence-corrected chi connectivity index (χ2v) is 3.80. The third kappa shape index (κ3) is 3.24. The molecule has 0 heterocycles. The summed E-state index contributed by atoms with van der Waals surface area (Å²) in [6.07, 6.45) is 0. The SMILES string of the molecule is COc1cccc([C@@H](C)NC(=O)[C@@H](C)N)c1. The number of benzene rings is 1.